The zero-order valence-corrected chi connectivity index (χ0v) is 10.3. The van der Waals surface area contributed by atoms with Crippen molar-refractivity contribution in [2.45, 2.75) is 52.4 Å². The molecule has 86 valence electrons. The van der Waals surface area contributed by atoms with Gasteiger partial charge in [-0.3, -0.25) is 0 Å². The van der Waals surface area contributed by atoms with Gasteiger partial charge < -0.3 is 5.73 Å². The van der Waals surface area contributed by atoms with Gasteiger partial charge in [-0.15, -0.1) is 0 Å². The van der Waals surface area contributed by atoms with Crippen molar-refractivity contribution in [3.8, 4) is 0 Å². The predicted molar refractivity (Wildman–Crippen MR) is 63.4 cm³/mol. The summed E-state index contributed by atoms with van der Waals surface area (Å²) in [5, 5.41) is 0. The summed E-state index contributed by atoms with van der Waals surface area (Å²) < 4.78 is 0. The van der Waals surface area contributed by atoms with Crippen molar-refractivity contribution in [3.05, 3.63) is 0 Å². The van der Waals surface area contributed by atoms with Gasteiger partial charge in [0, 0.05) is 0 Å². The largest absolute Gasteiger partial charge is 0.330 e. The molecule has 4 rings (SSSR count). The molecule has 4 aliphatic carbocycles. The second-order valence-corrected chi connectivity index (χ2v) is 7.11. The van der Waals surface area contributed by atoms with Crippen LogP contribution >= 0.6 is 0 Å². The maximum absolute atomic E-state index is 5.91. The minimum atomic E-state index is 0.600. The zero-order valence-electron chi connectivity index (χ0n) is 10.3. The third-order valence-corrected chi connectivity index (χ3v) is 6.09. The van der Waals surface area contributed by atoms with Crippen molar-refractivity contribution >= 4 is 0 Å². The summed E-state index contributed by atoms with van der Waals surface area (Å²) in [6, 6.07) is 0. The second kappa shape index (κ2) is 3.00. The van der Waals surface area contributed by atoms with Gasteiger partial charge in [-0.05, 0) is 73.7 Å². The number of fused-ring (bicyclic) bond motifs is 2. The fraction of sp³-hybridized carbons (Fsp3) is 1.00. The van der Waals surface area contributed by atoms with E-state index in [9.17, 15) is 0 Å². The molecule has 0 heterocycles. The Morgan fingerprint density at radius 2 is 1.93 bits per heavy atom. The Morgan fingerprint density at radius 1 is 1.20 bits per heavy atom. The lowest BCUT2D eigenvalue weighted by molar-refractivity contribution is -0.111. The molecule has 4 fully saturated rings. The predicted octanol–water partition coefficient (Wildman–Crippen LogP) is 3.19. The van der Waals surface area contributed by atoms with Crippen LogP contribution in [0.2, 0.25) is 0 Å². The molecule has 0 aromatic heterocycles. The normalized spacial score (nSPS) is 44.6. The molecule has 2 bridgehead atoms. The topological polar surface area (TPSA) is 26.0 Å². The van der Waals surface area contributed by atoms with Crippen molar-refractivity contribution in [1.29, 1.82) is 0 Å². The SMILES string of the molecule is CC1(C)C2CCC(CC3(CN)CC3)C1C2. The summed E-state index contributed by atoms with van der Waals surface area (Å²) in [5.41, 5.74) is 7.17. The molecule has 0 aromatic rings. The summed E-state index contributed by atoms with van der Waals surface area (Å²) in [6.45, 7) is 5.94. The molecule has 0 aliphatic heterocycles. The first kappa shape index (κ1) is 10.1. The Labute approximate surface area is 93.8 Å². The summed E-state index contributed by atoms with van der Waals surface area (Å²) in [4.78, 5) is 0. The van der Waals surface area contributed by atoms with Gasteiger partial charge in [0.15, 0.2) is 0 Å². The molecule has 0 amide bonds. The fourth-order valence-corrected chi connectivity index (χ4v) is 4.43. The monoisotopic (exact) mass is 207 g/mol. The second-order valence-electron chi connectivity index (χ2n) is 7.11. The number of hydrogen-bond donors (Lipinski definition) is 1. The van der Waals surface area contributed by atoms with Crippen molar-refractivity contribution in [2.24, 2.45) is 34.3 Å². The lowest BCUT2D eigenvalue weighted by atomic mass is 9.45. The van der Waals surface area contributed by atoms with E-state index in [1.807, 2.05) is 0 Å². The Kier molecular flexibility index (Phi) is 2.03. The number of hydrogen-bond acceptors (Lipinski definition) is 1. The zero-order chi connectivity index (χ0) is 10.7. The standard InChI is InChI=1S/C14H25N/c1-13(2)11-4-3-10(12(13)7-11)8-14(9-15)5-6-14/h10-12H,3-9,15H2,1-2H3. The van der Waals surface area contributed by atoms with E-state index in [-0.39, 0.29) is 0 Å². The third kappa shape index (κ3) is 1.39. The van der Waals surface area contributed by atoms with Gasteiger partial charge in [0.25, 0.3) is 0 Å². The Hall–Kier alpha value is -0.0400. The molecular weight excluding hydrogens is 182 g/mol. The lowest BCUT2D eigenvalue weighted by Crippen LogP contribution is -2.52. The summed E-state index contributed by atoms with van der Waals surface area (Å²) in [6.07, 6.45) is 8.80. The minimum Gasteiger partial charge on any atom is -0.330 e. The van der Waals surface area contributed by atoms with Crippen LogP contribution in [-0.4, -0.2) is 6.54 Å². The van der Waals surface area contributed by atoms with Gasteiger partial charge in [-0.1, -0.05) is 13.8 Å². The van der Waals surface area contributed by atoms with Crippen LogP contribution < -0.4 is 5.73 Å². The van der Waals surface area contributed by atoms with Crippen molar-refractivity contribution < 1.29 is 0 Å². The number of rotatable bonds is 3. The molecule has 4 aliphatic rings. The minimum absolute atomic E-state index is 0.600. The Morgan fingerprint density at radius 3 is 2.40 bits per heavy atom. The van der Waals surface area contributed by atoms with Crippen molar-refractivity contribution in [3.63, 3.8) is 0 Å². The summed E-state index contributed by atoms with van der Waals surface area (Å²) in [7, 11) is 0. The molecular formula is C14H25N. The van der Waals surface area contributed by atoms with E-state index in [2.05, 4.69) is 13.8 Å². The molecule has 1 heteroatoms. The average Bonchev–Trinajstić information content (AvgIpc) is 2.98. The van der Waals surface area contributed by atoms with E-state index < -0.39 is 0 Å². The van der Waals surface area contributed by atoms with Crippen LogP contribution in [0.15, 0.2) is 0 Å². The Balaban J connectivity index is 1.67. The molecule has 0 spiro atoms. The van der Waals surface area contributed by atoms with Crippen LogP contribution in [0.1, 0.15) is 52.4 Å². The van der Waals surface area contributed by atoms with Crippen LogP contribution in [0, 0.1) is 28.6 Å². The van der Waals surface area contributed by atoms with Crippen LogP contribution in [0.5, 0.6) is 0 Å². The van der Waals surface area contributed by atoms with E-state index in [0.29, 0.717) is 10.8 Å². The molecule has 4 saturated carbocycles. The molecule has 2 N–H and O–H groups in total. The van der Waals surface area contributed by atoms with Gasteiger partial charge in [-0.2, -0.15) is 0 Å². The molecule has 3 unspecified atom stereocenters. The molecule has 3 atom stereocenters. The van der Waals surface area contributed by atoms with Crippen molar-refractivity contribution in [1.82, 2.24) is 0 Å². The Bertz CT molecular complexity index is 263. The lowest BCUT2D eigenvalue weighted by Gasteiger charge is -2.60. The van der Waals surface area contributed by atoms with E-state index in [1.165, 1.54) is 38.5 Å². The molecule has 1 nitrogen and oxygen atoms in total. The van der Waals surface area contributed by atoms with Gasteiger partial charge in [0.1, 0.15) is 0 Å². The van der Waals surface area contributed by atoms with Crippen LogP contribution in [-0.2, 0) is 0 Å². The van der Waals surface area contributed by atoms with E-state index in [4.69, 9.17) is 5.73 Å². The highest BCUT2D eigenvalue weighted by Gasteiger charge is 2.56. The molecule has 0 aromatic carbocycles. The van der Waals surface area contributed by atoms with E-state index in [1.54, 1.807) is 0 Å². The maximum Gasteiger partial charge on any atom is -0.00204 e. The fourth-order valence-electron chi connectivity index (χ4n) is 4.43. The number of nitrogens with two attached hydrogens (primary N) is 1. The first-order valence-corrected chi connectivity index (χ1v) is 6.77. The van der Waals surface area contributed by atoms with Crippen LogP contribution in [0.25, 0.3) is 0 Å². The van der Waals surface area contributed by atoms with Gasteiger partial charge >= 0.3 is 0 Å². The highest BCUT2D eigenvalue weighted by molar-refractivity contribution is 5.06. The van der Waals surface area contributed by atoms with Crippen LogP contribution in [0.3, 0.4) is 0 Å². The maximum atomic E-state index is 5.91. The summed E-state index contributed by atoms with van der Waals surface area (Å²) >= 11 is 0. The van der Waals surface area contributed by atoms with E-state index >= 15 is 0 Å². The first-order valence-electron chi connectivity index (χ1n) is 6.77. The van der Waals surface area contributed by atoms with Gasteiger partial charge in [0.2, 0.25) is 0 Å². The first-order chi connectivity index (χ1) is 7.07. The molecule has 0 radical (unpaired) electrons. The highest BCUT2D eigenvalue weighted by Crippen LogP contribution is 2.64. The van der Waals surface area contributed by atoms with Gasteiger partial charge in [0.05, 0.1) is 0 Å². The molecule has 0 saturated heterocycles. The van der Waals surface area contributed by atoms with E-state index in [0.717, 1.165) is 24.3 Å². The van der Waals surface area contributed by atoms with Crippen LogP contribution in [0.4, 0.5) is 0 Å². The highest BCUT2D eigenvalue weighted by atomic mass is 14.7. The van der Waals surface area contributed by atoms with Gasteiger partial charge in [-0.25, -0.2) is 0 Å². The van der Waals surface area contributed by atoms with Crippen molar-refractivity contribution in [2.75, 3.05) is 6.54 Å². The smallest absolute Gasteiger partial charge is 0.00204 e. The average molecular weight is 207 g/mol. The third-order valence-electron chi connectivity index (χ3n) is 6.09. The summed E-state index contributed by atoms with van der Waals surface area (Å²) in [5.74, 6) is 3.09. The molecule has 15 heavy (non-hydrogen) atoms. The quantitative estimate of drug-likeness (QED) is 0.755.